The van der Waals surface area contributed by atoms with Crippen LogP contribution in [-0.4, -0.2) is 30.4 Å². The average molecular weight is 158 g/mol. The van der Waals surface area contributed by atoms with Gasteiger partial charge in [-0.3, -0.25) is 9.59 Å². The van der Waals surface area contributed by atoms with Gasteiger partial charge in [0.15, 0.2) is 0 Å². The minimum Gasteiger partial charge on any atom is -0.421 e. The van der Waals surface area contributed by atoms with Crippen molar-refractivity contribution in [2.24, 2.45) is 0 Å². The number of rotatable bonds is 2. The summed E-state index contributed by atoms with van der Waals surface area (Å²) in [6.45, 7) is 1.85. The molecule has 1 aliphatic rings. The van der Waals surface area contributed by atoms with E-state index in [1.807, 2.05) is 0 Å². The van der Waals surface area contributed by atoms with E-state index in [0.29, 0.717) is 0 Å². The number of ether oxygens (including phenoxy) is 2. The molecular formula is C6H6O5. The number of esters is 1. The van der Waals surface area contributed by atoms with Crippen molar-refractivity contribution >= 4 is 17.5 Å². The standard InChI is InChI=1S/C6H6O5/c1-2-10-6-4(8)3(7)5(9)11-6/h6H,2H2,1H3. The molecule has 0 spiro atoms. The van der Waals surface area contributed by atoms with Gasteiger partial charge in [0.05, 0.1) is 0 Å². The van der Waals surface area contributed by atoms with Crippen LogP contribution in [0.25, 0.3) is 0 Å². The SMILES string of the molecule is CCOC1OC(=O)C(=O)C1=O. The van der Waals surface area contributed by atoms with Gasteiger partial charge < -0.3 is 9.47 Å². The lowest BCUT2D eigenvalue weighted by atomic mass is 10.3. The second-order valence-electron chi connectivity index (χ2n) is 1.89. The van der Waals surface area contributed by atoms with Crippen LogP contribution in [0, 0.1) is 0 Å². The zero-order valence-electron chi connectivity index (χ0n) is 5.83. The van der Waals surface area contributed by atoms with E-state index in [9.17, 15) is 14.4 Å². The van der Waals surface area contributed by atoms with E-state index >= 15 is 0 Å². The fraction of sp³-hybridized carbons (Fsp3) is 0.500. The molecule has 0 radical (unpaired) electrons. The number of Topliss-reactive ketones (excluding diaryl/α,β-unsaturated/α-hetero) is 2. The molecule has 1 atom stereocenters. The Hall–Kier alpha value is -1.23. The smallest absolute Gasteiger partial charge is 0.385 e. The lowest BCUT2D eigenvalue weighted by Crippen LogP contribution is -2.22. The molecule has 11 heavy (non-hydrogen) atoms. The fourth-order valence-electron chi connectivity index (χ4n) is 0.673. The molecule has 0 aromatic carbocycles. The molecule has 0 aromatic heterocycles. The van der Waals surface area contributed by atoms with Crippen molar-refractivity contribution in [2.75, 3.05) is 6.61 Å². The first-order valence-corrected chi connectivity index (χ1v) is 3.07. The summed E-state index contributed by atoms with van der Waals surface area (Å²) < 4.78 is 8.91. The summed E-state index contributed by atoms with van der Waals surface area (Å²) in [6.07, 6.45) is -1.31. The van der Waals surface area contributed by atoms with E-state index < -0.39 is 23.8 Å². The maximum atomic E-state index is 10.7. The van der Waals surface area contributed by atoms with Crippen LogP contribution in [0.1, 0.15) is 6.92 Å². The topological polar surface area (TPSA) is 69.7 Å². The van der Waals surface area contributed by atoms with E-state index in [4.69, 9.17) is 0 Å². The summed E-state index contributed by atoms with van der Waals surface area (Å²) in [6, 6.07) is 0. The molecule has 1 saturated heterocycles. The number of hydrogen-bond acceptors (Lipinski definition) is 5. The van der Waals surface area contributed by atoms with E-state index in [1.165, 1.54) is 0 Å². The molecule has 0 aliphatic carbocycles. The number of ketones is 2. The van der Waals surface area contributed by atoms with Gasteiger partial charge in [-0.15, -0.1) is 0 Å². The summed E-state index contributed by atoms with van der Waals surface area (Å²) >= 11 is 0. The normalized spacial score (nSPS) is 24.1. The van der Waals surface area contributed by atoms with Gasteiger partial charge in [-0.05, 0) is 6.92 Å². The van der Waals surface area contributed by atoms with Crippen LogP contribution in [0.3, 0.4) is 0 Å². The molecule has 0 N–H and O–H groups in total. The van der Waals surface area contributed by atoms with Crippen molar-refractivity contribution in [3.63, 3.8) is 0 Å². The predicted octanol–water partition coefficient (Wildman–Crippen LogP) is -0.956. The molecule has 0 amide bonds. The maximum absolute atomic E-state index is 10.7. The minimum atomic E-state index is -1.31. The van der Waals surface area contributed by atoms with Crippen LogP contribution in [0.5, 0.6) is 0 Å². The third-order valence-corrected chi connectivity index (χ3v) is 1.16. The first kappa shape index (κ1) is 7.87. The molecule has 5 heteroatoms. The average Bonchev–Trinajstić information content (AvgIpc) is 2.19. The van der Waals surface area contributed by atoms with Crippen molar-refractivity contribution < 1.29 is 23.9 Å². The van der Waals surface area contributed by atoms with E-state index in [0.717, 1.165) is 0 Å². The zero-order valence-corrected chi connectivity index (χ0v) is 5.83. The van der Waals surface area contributed by atoms with Crippen molar-refractivity contribution in [2.45, 2.75) is 13.2 Å². The van der Waals surface area contributed by atoms with Gasteiger partial charge in [0.25, 0.3) is 12.1 Å². The lowest BCUT2D eigenvalue weighted by molar-refractivity contribution is -0.167. The number of cyclic esters (lactones) is 1. The van der Waals surface area contributed by atoms with Gasteiger partial charge in [-0.25, -0.2) is 4.79 Å². The first-order valence-electron chi connectivity index (χ1n) is 3.07. The Balaban J connectivity index is 2.67. The highest BCUT2D eigenvalue weighted by Gasteiger charge is 2.42. The number of hydrogen-bond donors (Lipinski definition) is 0. The van der Waals surface area contributed by atoms with Gasteiger partial charge in [0.2, 0.25) is 0 Å². The summed E-state index contributed by atoms with van der Waals surface area (Å²) in [5, 5.41) is 0. The third-order valence-electron chi connectivity index (χ3n) is 1.16. The van der Waals surface area contributed by atoms with Crippen LogP contribution in [0.4, 0.5) is 0 Å². The molecule has 0 bridgehead atoms. The highest BCUT2D eigenvalue weighted by molar-refractivity contribution is 6.65. The quantitative estimate of drug-likeness (QED) is 0.382. The Bertz CT molecular complexity index is 219. The lowest BCUT2D eigenvalue weighted by Gasteiger charge is -2.04. The van der Waals surface area contributed by atoms with Crippen LogP contribution in [0.2, 0.25) is 0 Å². The van der Waals surface area contributed by atoms with E-state index in [2.05, 4.69) is 9.47 Å². The monoisotopic (exact) mass is 158 g/mol. The van der Waals surface area contributed by atoms with Gasteiger partial charge in [-0.1, -0.05) is 0 Å². The predicted molar refractivity (Wildman–Crippen MR) is 31.5 cm³/mol. The van der Waals surface area contributed by atoms with Crippen LogP contribution >= 0.6 is 0 Å². The molecular weight excluding hydrogens is 152 g/mol. The summed E-state index contributed by atoms with van der Waals surface area (Å²) in [4.78, 5) is 31.6. The fourth-order valence-corrected chi connectivity index (χ4v) is 0.673. The summed E-state index contributed by atoms with van der Waals surface area (Å²) in [5.74, 6) is -3.19. The van der Waals surface area contributed by atoms with Crippen molar-refractivity contribution in [1.82, 2.24) is 0 Å². The third kappa shape index (κ3) is 1.27. The maximum Gasteiger partial charge on any atom is 0.385 e. The minimum absolute atomic E-state index is 0.219. The molecule has 0 aromatic rings. The molecule has 60 valence electrons. The molecule has 0 saturated carbocycles. The molecule has 1 unspecified atom stereocenters. The van der Waals surface area contributed by atoms with Gasteiger partial charge in [0.1, 0.15) is 0 Å². The van der Waals surface area contributed by atoms with E-state index in [-0.39, 0.29) is 6.61 Å². The zero-order chi connectivity index (χ0) is 8.43. The van der Waals surface area contributed by atoms with Crippen LogP contribution < -0.4 is 0 Å². The summed E-state index contributed by atoms with van der Waals surface area (Å²) in [7, 11) is 0. The number of carbonyl (C=O) groups excluding carboxylic acids is 3. The van der Waals surface area contributed by atoms with E-state index in [1.54, 1.807) is 6.92 Å². The Morgan fingerprint density at radius 1 is 1.45 bits per heavy atom. The second kappa shape index (κ2) is 2.79. The highest BCUT2D eigenvalue weighted by atomic mass is 16.7. The largest absolute Gasteiger partial charge is 0.421 e. The first-order chi connectivity index (χ1) is 5.16. The van der Waals surface area contributed by atoms with Crippen LogP contribution in [-0.2, 0) is 23.9 Å². The Morgan fingerprint density at radius 3 is 2.45 bits per heavy atom. The molecule has 1 heterocycles. The molecule has 1 aliphatic heterocycles. The molecule has 1 rings (SSSR count). The Morgan fingerprint density at radius 2 is 2.09 bits per heavy atom. The highest BCUT2D eigenvalue weighted by Crippen LogP contribution is 2.07. The van der Waals surface area contributed by atoms with Crippen molar-refractivity contribution in [3.8, 4) is 0 Å². The van der Waals surface area contributed by atoms with Gasteiger partial charge in [0, 0.05) is 6.61 Å². The molecule has 1 fully saturated rings. The van der Waals surface area contributed by atoms with Crippen molar-refractivity contribution in [1.29, 1.82) is 0 Å². The molecule has 5 nitrogen and oxygen atoms in total. The Kier molecular flexibility index (Phi) is 2.00. The Labute approximate surface area is 62.3 Å². The van der Waals surface area contributed by atoms with Gasteiger partial charge in [-0.2, -0.15) is 0 Å². The second-order valence-corrected chi connectivity index (χ2v) is 1.89. The van der Waals surface area contributed by atoms with Crippen molar-refractivity contribution in [3.05, 3.63) is 0 Å². The van der Waals surface area contributed by atoms with Gasteiger partial charge >= 0.3 is 11.8 Å². The summed E-state index contributed by atoms with van der Waals surface area (Å²) in [5.41, 5.74) is 0. The number of carbonyl (C=O) groups is 3. The van der Waals surface area contributed by atoms with Crippen LogP contribution in [0.15, 0.2) is 0 Å².